The van der Waals surface area contributed by atoms with E-state index in [1.165, 1.54) is 36.4 Å². The Morgan fingerprint density at radius 2 is 1.27 bits per heavy atom. The van der Waals surface area contributed by atoms with Crippen LogP contribution in [-0.2, 0) is 46.4 Å². The van der Waals surface area contributed by atoms with Gasteiger partial charge in [-0.05, 0) is 90.0 Å². The highest BCUT2D eigenvalue weighted by Crippen LogP contribution is 2.42. The Labute approximate surface area is 430 Å². The van der Waals surface area contributed by atoms with Gasteiger partial charge in [0.05, 0.1) is 34.7 Å². The molecule has 0 aliphatic rings. The first-order valence-corrected chi connectivity index (χ1v) is 27.2. The largest absolute Gasteiger partial charge is 0.480 e. The van der Waals surface area contributed by atoms with Gasteiger partial charge in [-0.3, -0.25) is 18.8 Å². The van der Waals surface area contributed by atoms with Crippen molar-refractivity contribution < 1.29 is 41.0 Å². The number of nitrogens with one attached hydrogen (secondary N) is 4. The number of imidazole rings is 1. The van der Waals surface area contributed by atoms with E-state index in [2.05, 4.69) is 66.1 Å². The van der Waals surface area contributed by atoms with Crippen molar-refractivity contribution in [3.05, 3.63) is 199 Å². The molecule has 0 saturated carbocycles. The number of anilines is 1. The number of rotatable bonds is 27. The normalized spacial score (nSPS) is 12.4. The molecule has 2 heterocycles. The topological polar surface area (TPSA) is 225 Å². The van der Waals surface area contributed by atoms with Crippen LogP contribution in [0.15, 0.2) is 186 Å². The van der Waals surface area contributed by atoms with E-state index in [1.54, 1.807) is 42.7 Å². The molecule has 2 aromatic heterocycles. The number of aliphatic carboxylic acids is 1. The van der Waals surface area contributed by atoms with Gasteiger partial charge >= 0.3 is 5.97 Å². The second kappa shape index (κ2) is 24.5. The number of sulfonamides is 2. The lowest BCUT2D eigenvalue weighted by molar-refractivity contribution is -0.138. The van der Waals surface area contributed by atoms with Crippen molar-refractivity contribution in [2.24, 2.45) is 0 Å². The van der Waals surface area contributed by atoms with Crippen molar-refractivity contribution in [2.75, 3.05) is 51.4 Å². The maximum atomic E-state index is 13.4. The summed E-state index contributed by atoms with van der Waals surface area (Å²) in [6.07, 6.45) is 6.63. The van der Waals surface area contributed by atoms with Gasteiger partial charge in [-0.25, -0.2) is 26.5 Å². The molecule has 0 radical (unpaired) electrons. The molecule has 0 spiro atoms. The Bertz CT molecular complexity index is 3240. The van der Waals surface area contributed by atoms with Gasteiger partial charge in [-0.2, -0.15) is 9.82 Å². The van der Waals surface area contributed by atoms with E-state index >= 15 is 0 Å². The first kappa shape index (κ1) is 52.8. The minimum atomic E-state index is -4.36. The Morgan fingerprint density at radius 3 is 1.85 bits per heavy atom. The van der Waals surface area contributed by atoms with Crippen molar-refractivity contribution in [3.63, 3.8) is 0 Å². The van der Waals surface area contributed by atoms with E-state index in [0.717, 1.165) is 22.2 Å². The van der Waals surface area contributed by atoms with Gasteiger partial charge in [-0.15, -0.1) is 0 Å². The predicted octanol–water partition coefficient (Wildman–Crippen LogP) is 7.13. The number of aromatic nitrogens is 4. The number of aryl methyl sites for hydroxylation is 1. The molecule has 0 saturated heterocycles. The fourth-order valence-electron chi connectivity index (χ4n) is 8.71. The predicted molar refractivity (Wildman–Crippen MR) is 283 cm³/mol. The molecule has 19 heteroatoms. The van der Waals surface area contributed by atoms with E-state index in [0.29, 0.717) is 74.8 Å². The summed E-state index contributed by atoms with van der Waals surface area (Å²) in [4.78, 5) is 30.2. The average Bonchev–Trinajstić information content (AvgIpc) is 4.07. The monoisotopic (exact) mass is 1040 g/mol. The van der Waals surface area contributed by atoms with Crippen LogP contribution in [0.1, 0.15) is 46.8 Å². The number of benzene rings is 6. The molecule has 6 aromatic carbocycles. The summed E-state index contributed by atoms with van der Waals surface area (Å²) in [7, 11) is -8.13. The van der Waals surface area contributed by atoms with Crippen molar-refractivity contribution in [2.45, 2.75) is 47.7 Å². The van der Waals surface area contributed by atoms with Gasteiger partial charge in [0.2, 0.25) is 26.0 Å². The van der Waals surface area contributed by atoms with E-state index < -0.39 is 50.0 Å². The van der Waals surface area contributed by atoms with Crippen LogP contribution in [0, 0.1) is 0 Å². The Hall–Kier alpha value is -7.52. The quantitative estimate of drug-likeness (QED) is 0.0256. The minimum absolute atomic E-state index is 0.0666. The maximum absolute atomic E-state index is 13.4. The van der Waals surface area contributed by atoms with Gasteiger partial charge in [0, 0.05) is 62.7 Å². The van der Waals surface area contributed by atoms with Crippen LogP contribution < -0.4 is 20.1 Å². The summed E-state index contributed by atoms with van der Waals surface area (Å²) >= 11 is 0. The van der Waals surface area contributed by atoms with E-state index in [9.17, 15) is 31.5 Å². The molecule has 384 valence electrons. The Balaban J connectivity index is 0.845. The third kappa shape index (κ3) is 12.4. The maximum Gasteiger partial charge on any atom is 0.323 e. The van der Waals surface area contributed by atoms with E-state index in [-0.39, 0.29) is 21.9 Å². The van der Waals surface area contributed by atoms with Crippen molar-refractivity contribution >= 4 is 48.8 Å². The van der Waals surface area contributed by atoms with Gasteiger partial charge < -0.3 is 25.2 Å². The first-order chi connectivity index (χ1) is 35.9. The molecule has 5 N–H and O–H groups in total. The molecular formula is C55H58N8O9S2. The number of carbonyl (C=O) groups excluding carboxylic acids is 1. The lowest BCUT2D eigenvalue weighted by atomic mass is 9.76. The van der Waals surface area contributed by atoms with Gasteiger partial charge in [0.15, 0.2) is 0 Å². The SMILES string of the molecule is CCOCCOCCCNS(=O)(=O)c1ccc(-c2ccc(S(=O)(=O)NC(CNC(=O)c3ccc4c(cnn4CCCNc4nccn4C(c4ccccc4)(c4ccccc4)c4ccccc4)c3)C(=O)O)cc2)cc1. The lowest BCUT2D eigenvalue weighted by Crippen LogP contribution is -2.48. The summed E-state index contributed by atoms with van der Waals surface area (Å²) in [5.74, 6) is -1.39. The zero-order valence-electron chi connectivity index (χ0n) is 40.7. The van der Waals surface area contributed by atoms with Gasteiger partial charge in [0.25, 0.3) is 5.91 Å². The summed E-state index contributed by atoms with van der Waals surface area (Å²) in [6, 6.07) is 46.3. The molecule has 0 aliphatic heterocycles. The number of amides is 1. The second-order valence-corrected chi connectivity index (χ2v) is 20.7. The fourth-order valence-corrected chi connectivity index (χ4v) is 11.0. The molecule has 1 atom stereocenters. The number of hydrogen-bond acceptors (Lipinski definition) is 11. The fraction of sp³-hybridized carbons (Fsp3) is 0.236. The van der Waals surface area contributed by atoms with Crippen LogP contribution in [0.25, 0.3) is 22.0 Å². The van der Waals surface area contributed by atoms with E-state index in [4.69, 9.17) is 14.5 Å². The number of fused-ring (bicyclic) bond motifs is 1. The van der Waals surface area contributed by atoms with Crippen molar-refractivity contribution in [3.8, 4) is 11.1 Å². The van der Waals surface area contributed by atoms with Crippen LogP contribution in [0.2, 0.25) is 0 Å². The smallest absolute Gasteiger partial charge is 0.323 e. The summed E-state index contributed by atoms with van der Waals surface area (Å²) in [5.41, 5.74) is 4.77. The standard InChI is InChI=1S/C55H58N8O9S2/c1-2-71-36-37-72-35-13-31-60-73(67,68)48-25-20-41(21-26-48)42-22-27-49(28-23-42)74(69,70)61-50(53(65)66)40-58-52(64)43-24-29-51-44(38-43)39-59-63(51)33-12-30-56-54-57-32-34-62(54)55(45-14-6-3-7-15-45,46-16-8-4-9-17-46)47-18-10-5-11-19-47/h3-11,14-29,32,34,38-39,50,60-61H,2,12-13,30-31,33,35-37,40H2,1H3,(H,56,57)(H,58,64)(H,65,66). The molecule has 8 rings (SSSR count). The number of nitrogens with zero attached hydrogens (tertiary/aromatic N) is 4. The third-order valence-electron chi connectivity index (χ3n) is 12.4. The molecule has 0 aliphatic carbocycles. The van der Waals surface area contributed by atoms with Gasteiger partial charge in [-0.1, -0.05) is 115 Å². The van der Waals surface area contributed by atoms with Crippen LogP contribution in [-0.4, -0.2) is 105 Å². The molecule has 0 bridgehead atoms. The second-order valence-electron chi connectivity index (χ2n) is 17.2. The zero-order valence-corrected chi connectivity index (χ0v) is 42.3. The molecule has 0 fully saturated rings. The highest BCUT2D eigenvalue weighted by Gasteiger charge is 2.39. The van der Waals surface area contributed by atoms with Crippen LogP contribution in [0.4, 0.5) is 5.95 Å². The van der Waals surface area contributed by atoms with Crippen molar-refractivity contribution in [1.29, 1.82) is 0 Å². The molecule has 74 heavy (non-hydrogen) atoms. The molecular weight excluding hydrogens is 981 g/mol. The molecule has 1 amide bonds. The van der Waals surface area contributed by atoms with Crippen LogP contribution in [0.3, 0.4) is 0 Å². The number of ether oxygens (including phenoxy) is 2. The van der Waals surface area contributed by atoms with Crippen LogP contribution >= 0.6 is 0 Å². The first-order valence-electron chi connectivity index (χ1n) is 24.2. The summed E-state index contributed by atoms with van der Waals surface area (Å²) < 4.78 is 71.8. The Morgan fingerprint density at radius 1 is 0.689 bits per heavy atom. The lowest BCUT2D eigenvalue weighted by Gasteiger charge is -2.38. The average molecular weight is 1040 g/mol. The number of hydrogen-bond donors (Lipinski definition) is 5. The molecule has 1 unspecified atom stereocenters. The van der Waals surface area contributed by atoms with Gasteiger partial charge in [0.1, 0.15) is 11.6 Å². The third-order valence-corrected chi connectivity index (χ3v) is 15.3. The number of carboxylic acids is 1. The van der Waals surface area contributed by atoms with Crippen LogP contribution in [0.5, 0.6) is 0 Å². The Kier molecular flexibility index (Phi) is 17.5. The minimum Gasteiger partial charge on any atom is -0.480 e. The van der Waals surface area contributed by atoms with Crippen molar-refractivity contribution in [1.82, 2.24) is 34.1 Å². The zero-order chi connectivity index (χ0) is 52.0. The van der Waals surface area contributed by atoms with E-state index in [1.807, 2.05) is 72.4 Å². The highest BCUT2D eigenvalue weighted by molar-refractivity contribution is 7.89. The number of carbonyl (C=O) groups is 2. The number of carboxylic acid groups (broad SMARTS) is 1. The highest BCUT2D eigenvalue weighted by atomic mass is 32.2. The summed E-state index contributed by atoms with van der Waals surface area (Å²) in [5, 5.41) is 21.4. The molecule has 8 aromatic rings. The molecule has 17 nitrogen and oxygen atoms in total. The summed E-state index contributed by atoms with van der Waals surface area (Å²) in [6.45, 7) is 4.58.